The highest BCUT2D eigenvalue weighted by Gasteiger charge is 2.25. The van der Waals surface area contributed by atoms with Gasteiger partial charge in [0.15, 0.2) is 11.5 Å². The van der Waals surface area contributed by atoms with Crippen molar-refractivity contribution in [2.24, 2.45) is 5.92 Å². The van der Waals surface area contributed by atoms with Crippen LogP contribution in [0.1, 0.15) is 43.0 Å². The number of nitrogens with one attached hydrogen (secondary N) is 1. The minimum atomic E-state index is 0. The number of unbranched alkanes of at least 4 members (excludes halogenated alkanes) is 1. The van der Waals surface area contributed by atoms with E-state index < -0.39 is 0 Å². The molecule has 1 aliphatic heterocycles. The Bertz CT molecular complexity index is 582. The van der Waals surface area contributed by atoms with Crippen LogP contribution >= 0.6 is 24.0 Å². The minimum absolute atomic E-state index is 0. The van der Waals surface area contributed by atoms with Gasteiger partial charge in [0.25, 0.3) is 5.91 Å². The predicted molar refractivity (Wildman–Crippen MR) is 108 cm³/mol. The van der Waals surface area contributed by atoms with E-state index in [1.54, 1.807) is 19.2 Å². The molecule has 0 aromatic heterocycles. The third kappa shape index (κ3) is 5.93. The van der Waals surface area contributed by atoms with Crippen LogP contribution in [0.5, 0.6) is 11.5 Å². The molecule has 1 saturated heterocycles. The third-order valence-corrected chi connectivity index (χ3v) is 4.80. The highest BCUT2D eigenvalue weighted by atomic mass is 35.5. The Hall–Kier alpha value is -1.17. The van der Waals surface area contributed by atoms with Crippen LogP contribution in [0.25, 0.3) is 0 Å². The molecule has 148 valence electrons. The summed E-state index contributed by atoms with van der Waals surface area (Å²) in [4.78, 5) is 14.8. The molecule has 1 atom stereocenters. The Balaban J connectivity index is 0.00000338. The first-order valence-electron chi connectivity index (χ1n) is 9.04. The molecule has 7 heteroatoms. The lowest BCUT2D eigenvalue weighted by molar-refractivity contribution is 0.0674. The van der Waals surface area contributed by atoms with Crippen molar-refractivity contribution in [2.45, 2.75) is 32.6 Å². The van der Waals surface area contributed by atoms with E-state index in [0.29, 0.717) is 34.6 Å². The first-order chi connectivity index (χ1) is 12.1. The van der Waals surface area contributed by atoms with Gasteiger partial charge in [0, 0.05) is 18.7 Å². The SMILES string of the molecule is CCCCOc1c(Cl)cc(C(=O)N2CCCC(CNC)C2)cc1OC.Cl. The van der Waals surface area contributed by atoms with Crippen molar-refractivity contribution in [3.8, 4) is 11.5 Å². The van der Waals surface area contributed by atoms with Crippen LogP contribution in [0.4, 0.5) is 0 Å². The zero-order chi connectivity index (χ0) is 18.2. The summed E-state index contributed by atoms with van der Waals surface area (Å²) in [6, 6.07) is 3.42. The van der Waals surface area contributed by atoms with Gasteiger partial charge in [0.05, 0.1) is 18.7 Å². The van der Waals surface area contributed by atoms with Crippen molar-refractivity contribution >= 4 is 29.9 Å². The van der Waals surface area contributed by atoms with Crippen molar-refractivity contribution in [3.05, 3.63) is 22.7 Å². The minimum Gasteiger partial charge on any atom is -0.493 e. The molecule has 2 rings (SSSR count). The van der Waals surface area contributed by atoms with Gasteiger partial charge < -0.3 is 19.7 Å². The monoisotopic (exact) mass is 404 g/mol. The van der Waals surface area contributed by atoms with Gasteiger partial charge >= 0.3 is 0 Å². The second kappa shape index (κ2) is 11.5. The molecule has 1 amide bonds. The second-order valence-corrected chi connectivity index (χ2v) is 6.92. The van der Waals surface area contributed by atoms with Crippen LogP contribution < -0.4 is 14.8 Å². The van der Waals surface area contributed by atoms with Gasteiger partial charge in [0.1, 0.15) is 0 Å². The molecule has 1 fully saturated rings. The zero-order valence-corrected chi connectivity index (χ0v) is 17.4. The van der Waals surface area contributed by atoms with Crippen LogP contribution in [-0.4, -0.2) is 51.2 Å². The van der Waals surface area contributed by atoms with Gasteiger partial charge in [-0.1, -0.05) is 24.9 Å². The van der Waals surface area contributed by atoms with Crippen LogP contribution in [0.15, 0.2) is 12.1 Å². The van der Waals surface area contributed by atoms with E-state index >= 15 is 0 Å². The molecule has 0 saturated carbocycles. The number of nitrogens with zero attached hydrogens (tertiary/aromatic N) is 1. The standard InChI is InChI=1S/C19H29ClN2O3.ClH/c1-4-5-9-25-18-16(20)10-15(11-17(18)24-3)19(23)22-8-6-7-14(13-22)12-21-2;/h10-11,14,21H,4-9,12-13H2,1-3H3;1H. The van der Waals surface area contributed by atoms with Gasteiger partial charge in [-0.15, -0.1) is 12.4 Å². The van der Waals surface area contributed by atoms with E-state index in [1.165, 1.54) is 0 Å². The summed E-state index contributed by atoms with van der Waals surface area (Å²) in [5.41, 5.74) is 0.551. The number of hydrogen-bond acceptors (Lipinski definition) is 4. The summed E-state index contributed by atoms with van der Waals surface area (Å²) >= 11 is 6.37. The maximum Gasteiger partial charge on any atom is 0.254 e. The molecule has 1 aromatic rings. The summed E-state index contributed by atoms with van der Waals surface area (Å²) in [6.07, 6.45) is 4.17. The maximum atomic E-state index is 12.9. The fourth-order valence-electron chi connectivity index (χ4n) is 3.19. The van der Waals surface area contributed by atoms with Crippen LogP contribution in [0, 0.1) is 5.92 Å². The molecule has 1 aliphatic rings. The molecule has 1 unspecified atom stereocenters. The lowest BCUT2D eigenvalue weighted by atomic mass is 9.97. The highest BCUT2D eigenvalue weighted by molar-refractivity contribution is 6.32. The van der Waals surface area contributed by atoms with E-state index in [2.05, 4.69) is 12.2 Å². The van der Waals surface area contributed by atoms with Gasteiger partial charge in [-0.05, 0) is 50.9 Å². The first-order valence-corrected chi connectivity index (χ1v) is 9.42. The van der Waals surface area contributed by atoms with Crippen LogP contribution in [0.3, 0.4) is 0 Å². The number of hydrogen-bond donors (Lipinski definition) is 1. The highest BCUT2D eigenvalue weighted by Crippen LogP contribution is 2.37. The lowest BCUT2D eigenvalue weighted by Gasteiger charge is -2.33. The number of carbonyl (C=O) groups is 1. The zero-order valence-electron chi connectivity index (χ0n) is 15.8. The summed E-state index contributed by atoms with van der Waals surface area (Å²) < 4.78 is 11.1. The van der Waals surface area contributed by atoms with Crippen molar-refractivity contribution in [1.29, 1.82) is 0 Å². The van der Waals surface area contributed by atoms with E-state index in [1.807, 2.05) is 11.9 Å². The van der Waals surface area contributed by atoms with Gasteiger partial charge in [-0.2, -0.15) is 0 Å². The van der Waals surface area contributed by atoms with Crippen molar-refractivity contribution in [3.63, 3.8) is 0 Å². The molecule has 0 aliphatic carbocycles. The molecular weight excluding hydrogens is 375 g/mol. The summed E-state index contributed by atoms with van der Waals surface area (Å²) in [6.45, 7) is 5.17. The molecular formula is C19H30Cl2N2O3. The fraction of sp³-hybridized carbons (Fsp3) is 0.632. The maximum absolute atomic E-state index is 12.9. The van der Waals surface area contributed by atoms with Crippen molar-refractivity contribution in [1.82, 2.24) is 10.2 Å². The summed E-state index contributed by atoms with van der Waals surface area (Å²) in [5.74, 6) is 1.52. The Morgan fingerprint density at radius 3 is 2.85 bits per heavy atom. The Labute approximate surface area is 167 Å². The number of benzene rings is 1. The molecule has 0 radical (unpaired) electrons. The lowest BCUT2D eigenvalue weighted by Crippen LogP contribution is -2.42. The normalized spacial score (nSPS) is 16.8. The molecule has 1 N–H and O–H groups in total. The fourth-order valence-corrected chi connectivity index (χ4v) is 3.45. The van der Waals surface area contributed by atoms with Crippen molar-refractivity contribution in [2.75, 3.05) is 40.4 Å². The van der Waals surface area contributed by atoms with E-state index in [4.69, 9.17) is 21.1 Å². The van der Waals surface area contributed by atoms with Crippen LogP contribution in [-0.2, 0) is 0 Å². The Morgan fingerprint density at radius 2 is 2.19 bits per heavy atom. The van der Waals surface area contributed by atoms with Crippen LogP contribution in [0.2, 0.25) is 5.02 Å². The number of likely N-dealkylation sites (tertiary alicyclic amines) is 1. The van der Waals surface area contributed by atoms with Gasteiger partial charge in [0.2, 0.25) is 0 Å². The second-order valence-electron chi connectivity index (χ2n) is 6.51. The average molecular weight is 405 g/mol. The Kier molecular flexibility index (Phi) is 10.1. The van der Waals surface area contributed by atoms with E-state index in [0.717, 1.165) is 45.3 Å². The van der Waals surface area contributed by atoms with E-state index in [-0.39, 0.29) is 18.3 Å². The quantitative estimate of drug-likeness (QED) is 0.664. The van der Waals surface area contributed by atoms with E-state index in [9.17, 15) is 4.79 Å². The smallest absolute Gasteiger partial charge is 0.254 e. The van der Waals surface area contributed by atoms with Gasteiger partial charge in [-0.3, -0.25) is 4.79 Å². The average Bonchev–Trinajstić information content (AvgIpc) is 2.62. The Morgan fingerprint density at radius 1 is 1.42 bits per heavy atom. The number of amides is 1. The number of carbonyl (C=O) groups excluding carboxylic acids is 1. The number of ether oxygens (including phenoxy) is 2. The molecule has 26 heavy (non-hydrogen) atoms. The molecule has 5 nitrogen and oxygen atoms in total. The molecule has 1 aromatic carbocycles. The number of halogens is 2. The third-order valence-electron chi connectivity index (χ3n) is 4.52. The summed E-state index contributed by atoms with van der Waals surface area (Å²) in [7, 11) is 3.51. The molecule has 1 heterocycles. The van der Waals surface area contributed by atoms with Gasteiger partial charge in [-0.25, -0.2) is 0 Å². The van der Waals surface area contributed by atoms with Crippen molar-refractivity contribution < 1.29 is 14.3 Å². The number of methoxy groups -OCH3 is 1. The predicted octanol–water partition coefficient (Wildman–Crippen LogP) is 4.02. The topological polar surface area (TPSA) is 50.8 Å². The molecule has 0 bridgehead atoms. The largest absolute Gasteiger partial charge is 0.493 e. The summed E-state index contributed by atoms with van der Waals surface area (Å²) in [5, 5.41) is 3.62. The number of rotatable bonds is 8. The molecule has 0 spiro atoms. The number of piperidine rings is 1. The first kappa shape index (κ1) is 22.9.